The lowest BCUT2D eigenvalue weighted by Gasteiger charge is -2.28. The molecule has 2 atom stereocenters. The molecule has 2 aromatic rings. The van der Waals surface area contributed by atoms with Gasteiger partial charge in [0, 0.05) is 18.9 Å². The Morgan fingerprint density at radius 3 is 2.92 bits per heavy atom. The minimum Gasteiger partial charge on any atom is -0.356 e. The molecule has 4 rings (SSSR count). The van der Waals surface area contributed by atoms with Gasteiger partial charge in [0.2, 0.25) is 0 Å². The van der Waals surface area contributed by atoms with Gasteiger partial charge >= 0.3 is 0 Å². The minimum atomic E-state index is -1.03. The molecule has 1 N–H and O–H groups in total. The van der Waals surface area contributed by atoms with Crippen LogP contribution >= 0.6 is 0 Å². The van der Waals surface area contributed by atoms with Crippen molar-refractivity contribution in [2.45, 2.75) is 24.4 Å². The molecule has 2 aliphatic rings. The van der Waals surface area contributed by atoms with Crippen molar-refractivity contribution < 1.29 is 4.52 Å². The summed E-state index contributed by atoms with van der Waals surface area (Å²) in [5.74, 6) is 0.783. The SMILES string of the molecule is N#CN1CCCC1c1noc(C2=CC=C[C@@](C#N)(c3ccncc3)N2)n1. The molecular formula is C18H15N7O. The van der Waals surface area contributed by atoms with E-state index in [2.05, 4.69) is 32.7 Å². The number of pyridine rings is 1. The average molecular weight is 345 g/mol. The van der Waals surface area contributed by atoms with Gasteiger partial charge in [-0.25, -0.2) is 0 Å². The highest BCUT2D eigenvalue weighted by Gasteiger charge is 2.34. The van der Waals surface area contributed by atoms with Crippen LogP contribution in [0.1, 0.15) is 36.2 Å². The number of likely N-dealkylation sites (tertiary alicyclic amines) is 1. The van der Waals surface area contributed by atoms with E-state index in [1.54, 1.807) is 47.7 Å². The fourth-order valence-corrected chi connectivity index (χ4v) is 3.26. The van der Waals surface area contributed by atoms with Gasteiger partial charge in [-0.3, -0.25) is 9.88 Å². The third-order valence-corrected chi connectivity index (χ3v) is 4.60. The van der Waals surface area contributed by atoms with Crippen molar-refractivity contribution in [1.29, 1.82) is 10.5 Å². The van der Waals surface area contributed by atoms with E-state index in [1.165, 1.54) is 0 Å². The fraction of sp³-hybridized carbons (Fsp3) is 0.278. The van der Waals surface area contributed by atoms with Crippen LogP contribution in [0.15, 0.2) is 47.3 Å². The Morgan fingerprint density at radius 2 is 2.15 bits per heavy atom. The summed E-state index contributed by atoms with van der Waals surface area (Å²) in [6.07, 6.45) is 12.5. The fourth-order valence-electron chi connectivity index (χ4n) is 3.26. The summed E-state index contributed by atoms with van der Waals surface area (Å²) >= 11 is 0. The third-order valence-electron chi connectivity index (χ3n) is 4.60. The lowest BCUT2D eigenvalue weighted by Crippen LogP contribution is -2.39. The van der Waals surface area contributed by atoms with Gasteiger partial charge in [-0.2, -0.15) is 15.5 Å². The van der Waals surface area contributed by atoms with Crippen LogP contribution in [0.5, 0.6) is 0 Å². The van der Waals surface area contributed by atoms with E-state index >= 15 is 0 Å². The zero-order valence-electron chi connectivity index (χ0n) is 13.8. The number of nitriles is 2. The maximum atomic E-state index is 9.78. The van der Waals surface area contributed by atoms with Crippen LogP contribution in [0.4, 0.5) is 0 Å². The molecule has 0 bridgehead atoms. The number of hydrogen-bond donors (Lipinski definition) is 1. The Kier molecular flexibility index (Phi) is 3.86. The summed E-state index contributed by atoms with van der Waals surface area (Å²) in [5, 5.41) is 26.2. The number of hydrogen-bond acceptors (Lipinski definition) is 8. The molecule has 0 aliphatic carbocycles. The van der Waals surface area contributed by atoms with Gasteiger partial charge in [0.1, 0.15) is 17.8 Å². The highest BCUT2D eigenvalue weighted by molar-refractivity contribution is 5.64. The molecule has 0 amide bonds. The van der Waals surface area contributed by atoms with Gasteiger partial charge in [-0.05, 0) is 42.7 Å². The lowest BCUT2D eigenvalue weighted by atomic mass is 9.89. The van der Waals surface area contributed by atoms with Crippen molar-refractivity contribution in [3.8, 4) is 12.3 Å². The van der Waals surface area contributed by atoms with Crippen LogP contribution in [0.3, 0.4) is 0 Å². The largest absolute Gasteiger partial charge is 0.356 e. The van der Waals surface area contributed by atoms with Gasteiger partial charge < -0.3 is 9.84 Å². The van der Waals surface area contributed by atoms with Crippen LogP contribution in [-0.4, -0.2) is 26.6 Å². The predicted octanol–water partition coefficient (Wildman–Crippen LogP) is 2.00. The van der Waals surface area contributed by atoms with E-state index < -0.39 is 5.54 Å². The molecule has 8 heteroatoms. The standard InChI is InChI=1S/C18H15N7O/c19-11-18(13-5-8-21-9-6-13)7-1-3-14(23-18)17-22-16(24-26-17)15-4-2-10-25(15)12-20/h1,3,5-9,15,23H,2,4,10H2/t15?,18-/m1/s1. The summed E-state index contributed by atoms with van der Waals surface area (Å²) in [5.41, 5.74) is 0.294. The molecule has 1 saturated heterocycles. The maximum absolute atomic E-state index is 9.78. The summed E-state index contributed by atoms with van der Waals surface area (Å²) < 4.78 is 5.40. The second kappa shape index (κ2) is 6.34. The van der Waals surface area contributed by atoms with Crippen molar-refractivity contribution in [2.75, 3.05) is 6.54 Å². The lowest BCUT2D eigenvalue weighted by molar-refractivity contribution is 0.335. The molecule has 26 heavy (non-hydrogen) atoms. The van der Waals surface area contributed by atoms with E-state index in [9.17, 15) is 10.5 Å². The second-order valence-electron chi connectivity index (χ2n) is 6.13. The molecule has 4 heterocycles. The van der Waals surface area contributed by atoms with Crippen LogP contribution in [0.2, 0.25) is 0 Å². The summed E-state index contributed by atoms with van der Waals surface area (Å²) in [7, 11) is 0. The van der Waals surface area contributed by atoms with Gasteiger partial charge in [0.25, 0.3) is 5.89 Å². The van der Waals surface area contributed by atoms with Gasteiger partial charge in [0.15, 0.2) is 17.6 Å². The number of aromatic nitrogens is 3. The number of allylic oxidation sites excluding steroid dienone is 2. The molecule has 0 aromatic carbocycles. The van der Waals surface area contributed by atoms with Gasteiger partial charge in [-0.1, -0.05) is 11.2 Å². The monoisotopic (exact) mass is 345 g/mol. The third kappa shape index (κ3) is 2.58. The molecule has 1 fully saturated rings. The molecule has 1 unspecified atom stereocenters. The molecule has 0 saturated carbocycles. The van der Waals surface area contributed by atoms with E-state index in [0.29, 0.717) is 24.0 Å². The maximum Gasteiger partial charge on any atom is 0.274 e. The molecular weight excluding hydrogens is 330 g/mol. The van der Waals surface area contributed by atoms with E-state index in [4.69, 9.17) is 4.52 Å². The quantitative estimate of drug-likeness (QED) is 0.840. The van der Waals surface area contributed by atoms with E-state index in [0.717, 1.165) is 18.4 Å². The van der Waals surface area contributed by atoms with Crippen molar-refractivity contribution in [3.63, 3.8) is 0 Å². The first kappa shape index (κ1) is 15.9. The molecule has 0 radical (unpaired) electrons. The Bertz CT molecular complexity index is 950. The predicted molar refractivity (Wildman–Crippen MR) is 90.4 cm³/mol. The zero-order valence-corrected chi connectivity index (χ0v) is 13.8. The average Bonchev–Trinajstić information content (AvgIpc) is 3.37. The van der Waals surface area contributed by atoms with Crippen molar-refractivity contribution in [1.82, 2.24) is 25.3 Å². The minimum absolute atomic E-state index is 0.154. The molecule has 128 valence electrons. The second-order valence-corrected chi connectivity index (χ2v) is 6.13. The van der Waals surface area contributed by atoms with Crippen LogP contribution in [0.25, 0.3) is 5.70 Å². The first-order chi connectivity index (χ1) is 12.8. The molecule has 2 aromatic heterocycles. The van der Waals surface area contributed by atoms with Gasteiger partial charge in [-0.15, -0.1) is 0 Å². The van der Waals surface area contributed by atoms with Crippen molar-refractivity contribution in [3.05, 3.63) is 60.0 Å². The molecule has 0 spiro atoms. The Labute approximate surface area is 150 Å². The summed E-state index contributed by atoms with van der Waals surface area (Å²) in [4.78, 5) is 10.1. The highest BCUT2D eigenvalue weighted by atomic mass is 16.5. The number of nitrogens with zero attached hydrogens (tertiary/aromatic N) is 6. The highest BCUT2D eigenvalue weighted by Crippen LogP contribution is 2.32. The van der Waals surface area contributed by atoms with Crippen LogP contribution < -0.4 is 5.32 Å². The van der Waals surface area contributed by atoms with Crippen molar-refractivity contribution >= 4 is 5.70 Å². The first-order valence-electron chi connectivity index (χ1n) is 8.25. The number of rotatable bonds is 3. The van der Waals surface area contributed by atoms with Crippen LogP contribution in [-0.2, 0) is 5.54 Å². The van der Waals surface area contributed by atoms with Crippen molar-refractivity contribution in [2.24, 2.45) is 0 Å². The Morgan fingerprint density at radius 1 is 1.31 bits per heavy atom. The Balaban J connectivity index is 1.62. The number of dihydropyridines is 1. The topological polar surface area (TPSA) is 115 Å². The van der Waals surface area contributed by atoms with E-state index in [-0.39, 0.29) is 6.04 Å². The smallest absolute Gasteiger partial charge is 0.274 e. The Hall–Kier alpha value is -3.65. The van der Waals surface area contributed by atoms with Crippen LogP contribution in [0, 0.1) is 22.8 Å². The zero-order chi connectivity index (χ0) is 18.0. The van der Waals surface area contributed by atoms with E-state index in [1.807, 2.05) is 0 Å². The first-order valence-corrected chi connectivity index (χ1v) is 8.25. The molecule has 8 nitrogen and oxygen atoms in total. The summed E-state index contributed by atoms with van der Waals surface area (Å²) in [6.45, 7) is 0.703. The number of nitrogens with one attached hydrogen (secondary N) is 1. The normalized spacial score (nSPS) is 24.5. The molecule has 2 aliphatic heterocycles. The summed E-state index contributed by atoms with van der Waals surface area (Å²) in [6, 6.07) is 5.72. The van der Waals surface area contributed by atoms with Gasteiger partial charge in [0.05, 0.1) is 0 Å².